The van der Waals surface area contributed by atoms with Crippen molar-refractivity contribution in [3.63, 3.8) is 0 Å². The molecule has 1 aromatic heterocycles. The second-order valence-electron chi connectivity index (χ2n) is 5.47. The van der Waals surface area contributed by atoms with Crippen molar-refractivity contribution in [3.05, 3.63) is 53.7 Å². The van der Waals surface area contributed by atoms with Gasteiger partial charge < -0.3 is 19.2 Å². The molecule has 0 aliphatic rings. The van der Waals surface area contributed by atoms with Crippen molar-refractivity contribution in [3.8, 4) is 17.2 Å². The average Bonchev–Trinajstić information content (AvgIpc) is 3.03. The molecule has 1 atom stereocenters. The van der Waals surface area contributed by atoms with Crippen LogP contribution >= 0.6 is 0 Å². The van der Waals surface area contributed by atoms with Crippen molar-refractivity contribution in [2.24, 2.45) is 0 Å². The maximum atomic E-state index is 5.46. The summed E-state index contributed by atoms with van der Waals surface area (Å²) in [6.45, 7) is 2.18. The van der Waals surface area contributed by atoms with Crippen LogP contribution in [0.15, 0.2) is 42.6 Å². The van der Waals surface area contributed by atoms with Gasteiger partial charge >= 0.3 is 0 Å². The largest absolute Gasteiger partial charge is 0.493 e. The van der Waals surface area contributed by atoms with Crippen LogP contribution in [0.25, 0.3) is 10.9 Å². The van der Waals surface area contributed by atoms with Gasteiger partial charge in [-0.3, -0.25) is 0 Å². The molecule has 4 heteroatoms. The SMILES string of the molecule is COc1cc(C(C)c2c[nH]c3ccccc23)cc(OC)c1OC. The number of benzene rings is 2. The molecule has 0 amide bonds. The van der Waals surface area contributed by atoms with E-state index in [1.54, 1.807) is 21.3 Å². The number of methoxy groups -OCH3 is 3. The van der Waals surface area contributed by atoms with E-state index in [9.17, 15) is 0 Å². The maximum absolute atomic E-state index is 5.46. The number of hydrogen-bond donors (Lipinski definition) is 1. The van der Waals surface area contributed by atoms with Crippen LogP contribution in [-0.2, 0) is 0 Å². The van der Waals surface area contributed by atoms with Crippen LogP contribution in [-0.4, -0.2) is 26.3 Å². The highest BCUT2D eigenvalue weighted by molar-refractivity contribution is 5.84. The van der Waals surface area contributed by atoms with Gasteiger partial charge in [0.05, 0.1) is 21.3 Å². The number of ether oxygens (including phenoxy) is 3. The number of aromatic nitrogens is 1. The van der Waals surface area contributed by atoms with E-state index in [4.69, 9.17) is 14.2 Å². The molecule has 3 rings (SSSR count). The van der Waals surface area contributed by atoms with Gasteiger partial charge in [-0.2, -0.15) is 0 Å². The van der Waals surface area contributed by atoms with Gasteiger partial charge in [0.15, 0.2) is 11.5 Å². The molecule has 1 N–H and O–H groups in total. The number of para-hydroxylation sites is 1. The fourth-order valence-corrected chi connectivity index (χ4v) is 2.98. The summed E-state index contributed by atoms with van der Waals surface area (Å²) in [4.78, 5) is 3.33. The Morgan fingerprint density at radius 1 is 0.913 bits per heavy atom. The molecule has 2 aromatic carbocycles. The van der Waals surface area contributed by atoms with Crippen LogP contribution in [0.4, 0.5) is 0 Å². The molecule has 0 fully saturated rings. The topological polar surface area (TPSA) is 43.5 Å². The molecule has 23 heavy (non-hydrogen) atoms. The van der Waals surface area contributed by atoms with Gasteiger partial charge in [0.1, 0.15) is 0 Å². The van der Waals surface area contributed by atoms with Gasteiger partial charge in [-0.25, -0.2) is 0 Å². The molecule has 0 saturated carbocycles. The molecular weight excluding hydrogens is 290 g/mol. The third kappa shape index (κ3) is 2.61. The highest BCUT2D eigenvalue weighted by Crippen LogP contribution is 2.42. The first-order chi connectivity index (χ1) is 11.2. The molecule has 1 heterocycles. The van der Waals surface area contributed by atoms with E-state index >= 15 is 0 Å². The van der Waals surface area contributed by atoms with E-state index in [0.29, 0.717) is 17.2 Å². The van der Waals surface area contributed by atoms with Gasteiger partial charge in [-0.1, -0.05) is 25.1 Å². The molecule has 0 radical (unpaired) electrons. The molecule has 0 aliphatic heterocycles. The van der Waals surface area contributed by atoms with Crippen LogP contribution in [0, 0.1) is 0 Å². The number of H-pyrrole nitrogens is 1. The maximum Gasteiger partial charge on any atom is 0.203 e. The van der Waals surface area contributed by atoms with E-state index < -0.39 is 0 Å². The van der Waals surface area contributed by atoms with E-state index in [0.717, 1.165) is 11.1 Å². The van der Waals surface area contributed by atoms with E-state index in [1.807, 2.05) is 18.2 Å². The first-order valence-corrected chi connectivity index (χ1v) is 7.55. The number of fused-ring (bicyclic) bond motifs is 1. The summed E-state index contributed by atoms with van der Waals surface area (Å²) < 4.78 is 16.3. The zero-order chi connectivity index (χ0) is 16.4. The average molecular weight is 311 g/mol. The lowest BCUT2D eigenvalue weighted by molar-refractivity contribution is 0.323. The molecule has 0 saturated heterocycles. The summed E-state index contributed by atoms with van der Waals surface area (Å²) in [6, 6.07) is 12.3. The Morgan fingerprint density at radius 3 is 2.17 bits per heavy atom. The standard InChI is InChI=1S/C19H21NO3/c1-12(15-11-20-16-8-6-5-7-14(15)16)13-9-17(21-2)19(23-4)18(10-13)22-3/h5-12,20H,1-4H3. The monoisotopic (exact) mass is 311 g/mol. The van der Waals surface area contributed by atoms with E-state index in [2.05, 4.69) is 36.3 Å². The summed E-state index contributed by atoms with van der Waals surface area (Å²) in [5, 5.41) is 1.23. The van der Waals surface area contributed by atoms with Gasteiger partial charge in [0, 0.05) is 23.0 Å². The molecule has 0 spiro atoms. The molecule has 4 nitrogen and oxygen atoms in total. The summed E-state index contributed by atoms with van der Waals surface area (Å²) in [5.74, 6) is 2.16. The minimum Gasteiger partial charge on any atom is -0.493 e. The Bertz CT molecular complexity index is 797. The van der Waals surface area contributed by atoms with Crippen LogP contribution in [0.5, 0.6) is 17.2 Å². The second kappa shape index (κ2) is 6.24. The van der Waals surface area contributed by atoms with Crippen molar-refractivity contribution >= 4 is 10.9 Å². The highest BCUT2D eigenvalue weighted by atomic mass is 16.5. The first kappa shape index (κ1) is 15.3. The molecule has 0 bridgehead atoms. The van der Waals surface area contributed by atoms with Gasteiger partial charge in [0.2, 0.25) is 5.75 Å². The summed E-state index contributed by atoms with van der Waals surface area (Å²) in [7, 11) is 4.89. The zero-order valence-electron chi connectivity index (χ0n) is 13.8. The Balaban J connectivity index is 2.10. The quantitative estimate of drug-likeness (QED) is 0.762. The smallest absolute Gasteiger partial charge is 0.203 e. The fourth-order valence-electron chi connectivity index (χ4n) is 2.98. The van der Waals surface area contributed by atoms with Crippen LogP contribution in [0.3, 0.4) is 0 Å². The Labute approximate surface area is 136 Å². The van der Waals surface area contributed by atoms with Crippen molar-refractivity contribution in [2.45, 2.75) is 12.8 Å². The number of nitrogens with one attached hydrogen (secondary N) is 1. The van der Waals surface area contributed by atoms with Gasteiger partial charge in [0.25, 0.3) is 0 Å². The van der Waals surface area contributed by atoms with Crippen molar-refractivity contribution in [2.75, 3.05) is 21.3 Å². The second-order valence-corrected chi connectivity index (χ2v) is 5.47. The summed E-state index contributed by atoms with van der Waals surface area (Å²) >= 11 is 0. The Kier molecular flexibility index (Phi) is 4.15. The molecule has 120 valence electrons. The van der Waals surface area contributed by atoms with E-state index in [1.165, 1.54) is 10.9 Å². The van der Waals surface area contributed by atoms with Crippen LogP contribution < -0.4 is 14.2 Å². The van der Waals surface area contributed by atoms with Crippen molar-refractivity contribution < 1.29 is 14.2 Å². The Morgan fingerprint density at radius 2 is 1.57 bits per heavy atom. The minimum atomic E-state index is 0.194. The molecule has 3 aromatic rings. The van der Waals surface area contributed by atoms with E-state index in [-0.39, 0.29) is 5.92 Å². The molecule has 0 aliphatic carbocycles. The lowest BCUT2D eigenvalue weighted by atomic mass is 9.92. The van der Waals surface area contributed by atoms with Crippen molar-refractivity contribution in [1.29, 1.82) is 0 Å². The Hall–Kier alpha value is -2.62. The van der Waals surface area contributed by atoms with Gasteiger partial charge in [-0.05, 0) is 29.3 Å². The van der Waals surface area contributed by atoms with Crippen molar-refractivity contribution in [1.82, 2.24) is 4.98 Å². The molecule has 1 unspecified atom stereocenters. The molecular formula is C19H21NO3. The fraction of sp³-hybridized carbons (Fsp3) is 0.263. The summed E-state index contributed by atoms with van der Waals surface area (Å²) in [6.07, 6.45) is 2.07. The summed E-state index contributed by atoms with van der Waals surface area (Å²) in [5.41, 5.74) is 3.50. The predicted octanol–water partition coefficient (Wildman–Crippen LogP) is 4.35. The highest BCUT2D eigenvalue weighted by Gasteiger charge is 2.19. The minimum absolute atomic E-state index is 0.194. The third-order valence-corrected chi connectivity index (χ3v) is 4.27. The number of hydrogen-bond acceptors (Lipinski definition) is 3. The van der Waals surface area contributed by atoms with Crippen LogP contribution in [0.1, 0.15) is 24.0 Å². The zero-order valence-corrected chi connectivity index (χ0v) is 13.8. The first-order valence-electron chi connectivity index (χ1n) is 7.55. The normalized spacial score (nSPS) is 12.2. The number of rotatable bonds is 5. The lowest BCUT2D eigenvalue weighted by Gasteiger charge is -2.17. The lowest BCUT2D eigenvalue weighted by Crippen LogP contribution is -2.00. The van der Waals surface area contributed by atoms with Crippen LogP contribution in [0.2, 0.25) is 0 Å². The predicted molar refractivity (Wildman–Crippen MR) is 91.9 cm³/mol. The number of aromatic amines is 1. The van der Waals surface area contributed by atoms with Gasteiger partial charge in [-0.15, -0.1) is 0 Å². The third-order valence-electron chi connectivity index (χ3n) is 4.27.